The Labute approximate surface area is 105 Å². The van der Waals surface area contributed by atoms with E-state index in [-0.39, 0.29) is 12.0 Å². The van der Waals surface area contributed by atoms with Crippen molar-refractivity contribution in [3.63, 3.8) is 0 Å². The molecule has 1 rings (SSSR count). The fourth-order valence-electron chi connectivity index (χ4n) is 1.62. The Morgan fingerprint density at radius 2 is 1.88 bits per heavy atom. The molecule has 2 nitrogen and oxygen atoms in total. The van der Waals surface area contributed by atoms with Crippen LogP contribution < -0.4 is 4.74 Å². The Hall–Kier alpha value is -1.02. The quantitative estimate of drug-likeness (QED) is 0.793. The first-order chi connectivity index (χ1) is 7.95. The number of unbranched alkanes of at least 4 members (excludes halogenated alkanes) is 1. The van der Waals surface area contributed by atoms with Gasteiger partial charge in [0, 0.05) is 6.61 Å². The third-order valence-electron chi connectivity index (χ3n) is 2.86. The van der Waals surface area contributed by atoms with E-state index in [9.17, 15) is 0 Å². The third-order valence-corrected chi connectivity index (χ3v) is 2.86. The molecule has 0 aliphatic heterocycles. The Kier molecular flexibility index (Phi) is 5.01. The van der Waals surface area contributed by atoms with Gasteiger partial charge >= 0.3 is 0 Å². The minimum atomic E-state index is 0.150. The van der Waals surface area contributed by atoms with E-state index in [2.05, 4.69) is 45.9 Å². The van der Waals surface area contributed by atoms with Gasteiger partial charge in [-0.15, -0.1) is 0 Å². The Balaban J connectivity index is 2.70. The summed E-state index contributed by atoms with van der Waals surface area (Å²) in [6, 6.07) is 6.41. The summed E-state index contributed by atoms with van der Waals surface area (Å²) in [7, 11) is 0. The van der Waals surface area contributed by atoms with Crippen molar-refractivity contribution in [1.29, 1.82) is 0 Å². The van der Waals surface area contributed by atoms with Gasteiger partial charge in [0.2, 0.25) is 0 Å². The molecule has 1 N–H and O–H groups in total. The van der Waals surface area contributed by atoms with Gasteiger partial charge in [-0.05, 0) is 42.4 Å². The van der Waals surface area contributed by atoms with E-state index in [0.29, 0.717) is 6.61 Å². The van der Waals surface area contributed by atoms with E-state index in [1.165, 1.54) is 11.1 Å². The first kappa shape index (κ1) is 14.0. The zero-order valence-corrected chi connectivity index (χ0v) is 11.4. The van der Waals surface area contributed by atoms with E-state index >= 15 is 0 Å². The van der Waals surface area contributed by atoms with Gasteiger partial charge in [0.25, 0.3) is 0 Å². The average Bonchev–Trinajstić information content (AvgIpc) is 2.25. The molecule has 1 aromatic rings. The van der Waals surface area contributed by atoms with E-state index in [0.717, 1.165) is 18.6 Å². The molecule has 0 saturated carbocycles. The summed E-state index contributed by atoms with van der Waals surface area (Å²) in [5.41, 5.74) is 2.61. The first-order valence-corrected chi connectivity index (χ1v) is 6.30. The fraction of sp³-hybridized carbons (Fsp3) is 0.600. The molecule has 0 unspecified atom stereocenters. The molecule has 0 atom stereocenters. The summed E-state index contributed by atoms with van der Waals surface area (Å²) in [4.78, 5) is 0. The minimum Gasteiger partial charge on any atom is -0.493 e. The van der Waals surface area contributed by atoms with E-state index in [4.69, 9.17) is 9.84 Å². The highest BCUT2D eigenvalue weighted by molar-refractivity contribution is 5.39. The first-order valence-electron chi connectivity index (χ1n) is 6.30. The highest BCUT2D eigenvalue weighted by Crippen LogP contribution is 2.28. The number of aliphatic hydroxyl groups is 1. The second-order valence-corrected chi connectivity index (χ2v) is 5.51. The lowest BCUT2D eigenvalue weighted by molar-refractivity contribution is 0.252. The molecule has 0 heterocycles. The normalized spacial score (nSPS) is 11.6. The molecule has 2 heteroatoms. The number of benzene rings is 1. The van der Waals surface area contributed by atoms with Crippen molar-refractivity contribution in [1.82, 2.24) is 0 Å². The van der Waals surface area contributed by atoms with Gasteiger partial charge in [-0.3, -0.25) is 0 Å². The number of rotatable bonds is 5. The summed E-state index contributed by atoms with van der Waals surface area (Å²) in [5.74, 6) is 0.968. The van der Waals surface area contributed by atoms with Crippen molar-refractivity contribution in [2.45, 2.75) is 46.0 Å². The third kappa shape index (κ3) is 4.39. The predicted molar refractivity (Wildman–Crippen MR) is 71.7 cm³/mol. The largest absolute Gasteiger partial charge is 0.493 e. The van der Waals surface area contributed by atoms with Gasteiger partial charge in [-0.1, -0.05) is 32.9 Å². The van der Waals surface area contributed by atoms with Gasteiger partial charge < -0.3 is 9.84 Å². The molecule has 0 spiro atoms. The Bertz CT molecular complexity index is 350. The van der Waals surface area contributed by atoms with Gasteiger partial charge in [-0.25, -0.2) is 0 Å². The molecular weight excluding hydrogens is 212 g/mol. The van der Waals surface area contributed by atoms with Crippen LogP contribution in [0.3, 0.4) is 0 Å². The maximum Gasteiger partial charge on any atom is 0.122 e. The fourth-order valence-corrected chi connectivity index (χ4v) is 1.62. The summed E-state index contributed by atoms with van der Waals surface area (Å²) in [5, 5.41) is 8.71. The maximum atomic E-state index is 8.71. The molecule has 0 aromatic heterocycles. The van der Waals surface area contributed by atoms with Crippen LogP contribution in [0.2, 0.25) is 0 Å². The number of aliphatic hydroxyl groups excluding tert-OH is 1. The summed E-state index contributed by atoms with van der Waals surface area (Å²) in [6.45, 7) is 9.58. The standard InChI is InChI=1S/C15H24O2/c1-12-7-8-13(15(2,3)4)11-14(12)17-10-6-5-9-16/h7-8,11,16H,5-6,9-10H2,1-4H3. The minimum absolute atomic E-state index is 0.150. The van der Waals surface area contributed by atoms with Crippen molar-refractivity contribution in [2.24, 2.45) is 0 Å². The van der Waals surface area contributed by atoms with Crippen LogP contribution in [0.1, 0.15) is 44.7 Å². The predicted octanol–water partition coefficient (Wildman–Crippen LogP) is 3.44. The van der Waals surface area contributed by atoms with Gasteiger partial charge in [0.15, 0.2) is 0 Å². The van der Waals surface area contributed by atoms with E-state index in [1.807, 2.05) is 0 Å². The number of hydrogen-bond donors (Lipinski definition) is 1. The molecule has 0 saturated heterocycles. The average molecular weight is 236 g/mol. The van der Waals surface area contributed by atoms with Gasteiger partial charge in [-0.2, -0.15) is 0 Å². The van der Waals surface area contributed by atoms with Crippen molar-refractivity contribution in [3.05, 3.63) is 29.3 Å². The van der Waals surface area contributed by atoms with Crippen molar-refractivity contribution < 1.29 is 9.84 Å². The zero-order valence-electron chi connectivity index (χ0n) is 11.4. The van der Waals surface area contributed by atoms with Crippen LogP contribution in [0.4, 0.5) is 0 Å². The summed E-state index contributed by atoms with van der Waals surface area (Å²) in [6.07, 6.45) is 1.70. The second-order valence-electron chi connectivity index (χ2n) is 5.51. The molecule has 1 aromatic carbocycles. The summed E-state index contributed by atoms with van der Waals surface area (Å²) >= 11 is 0. The summed E-state index contributed by atoms with van der Waals surface area (Å²) < 4.78 is 5.76. The zero-order chi connectivity index (χ0) is 12.9. The number of ether oxygens (including phenoxy) is 1. The SMILES string of the molecule is Cc1ccc(C(C)(C)C)cc1OCCCCO. The maximum absolute atomic E-state index is 8.71. The van der Waals surface area contributed by atoms with Crippen LogP contribution in [-0.2, 0) is 5.41 Å². The van der Waals surface area contributed by atoms with Crippen LogP contribution in [0.25, 0.3) is 0 Å². The van der Waals surface area contributed by atoms with Gasteiger partial charge in [0.1, 0.15) is 5.75 Å². The van der Waals surface area contributed by atoms with Crippen LogP contribution in [-0.4, -0.2) is 18.3 Å². The van der Waals surface area contributed by atoms with E-state index < -0.39 is 0 Å². The van der Waals surface area contributed by atoms with Crippen LogP contribution in [0.5, 0.6) is 5.75 Å². The van der Waals surface area contributed by atoms with Gasteiger partial charge in [0.05, 0.1) is 6.61 Å². The highest BCUT2D eigenvalue weighted by Gasteiger charge is 2.15. The van der Waals surface area contributed by atoms with Crippen molar-refractivity contribution in [2.75, 3.05) is 13.2 Å². The van der Waals surface area contributed by atoms with Crippen molar-refractivity contribution >= 4 is 0 Å². The molecule has 0 bridgehead atoms. The molecule has 0 aliphatic rings. The number of hydrogen-bond acceptors (Lipinski definition) is 2. The molecular formula is C15H24O2. The molecule has 17 heavy (non-hydrogen) atoms. The van der Waals surface area contributed by atoms with Crippen LogP contribution in [0.15, 0.2) is 18.2 Å². The smallest absolute Gasteiger partial charge is 0.122 e. The molecule has 0 amide bonds. The Morgan fingerprint density at radius 3 is 2.47 bits per heavy atom. The lowest BCUT2D eigenvalue weighted by Gasteiger charge is -2.21. The lowest BCUT2D eigenvalue weighted by atomic mass is 9.86. The van der Waals surface area contributed by atoms with E-state index in [1.54, 1.807) is 0 Å². The molecule has 0 aliphatic carbocycles. The second kappa shape index (κ2) is 6.06. The molecule has 0 fully saturated rings. The lowest BCUT2D eigenvalue weighted by Crippen LogP contribution is -2.11. The molecule has 0 radical (unpaired) electrons. The highest BCUT2D eigenvalue weighted by atomic mass is 16.5. The van der Waals surface area contributed by atoms with Crippen LogP contribution in [0, 0.1) is 6.92 Å². The molecule has 96 valence electrons. The Morgan fingerprint density at radius 1 is 1.18 bits per heavy atom. The monoisotopic (exact) mass is 236 g/mol. The van der Waals surface area contributed by atoms with Crippen molar-refractivity contribution in [3.8, 4) is 5.75 Å². The van der Waals surface area contributed by atoms with Crippen LogP contribution >= 0.6 is 0 Å². The number of aryl methyl sites for hydroxylation is 1. The topological polar surface area (TPSA) is 29.5 Å².